The smallest absolute Gasteiger partial charge is 0.162 e. The molecule has 1 saturated heterocycles. The van der Waals surface area contributed by atoms with Crippen molar-refractivity contribution in [2.45, 2.75) is 95.0 Å². The molecule has 3 aliphatic rings. The van der Waals surface area contributed by atoms with Crippen molar-refractivity contribution < 1.29 is 9.13 Å². The van der Waals surface area contributed by atoms with Gasteiger partial charge in [-0.1, -0.05) is 43.3 Å². The lowest BCUT2D eigenvalue weighted by molar-refractivity contribution is 0.0161. The summed E-state index contributed by atoms with van der Waals surface area (Å²) in [4.78, 5) is 2.17. The molecule has 204 valence electrons. The molecule has 38 heavy (non-hydrogen) atoms. The summed E-state index contributed by atoms with van der Waals surface area (Å²) in [5.74, 6) is 2.93. The third-order valence-corrected chi connectivity index (χ3v) is 8.95. The van der Waals surface area contributed by atoms with E-state index in [4.69, 9.17) is 4.74 Å². The number of ether oxygens (including phenoxy) is 1. The van der Waals surface area contributed by atoms with Crippen LogP contribution in [0, 0.1) is 0 Å². The molecule has 1 saturated carbocycles. The summed E-state index contributed by atoms with van der Waals surface area (Å²) in [6.45, 7) is 7.46. The molecule has 8 nitrogen and oxygen atoms in total. The molecule has 1 unspecified atom stereocenters. The molecule has 1 aliphatic carbocycles. The first-order chi connectivity index (χ1) is 18.4. The molecule has 0 radical (unpaired) electrons. The third-order valence-electron chi connectivity index (χ3n) is 8.95. The van der Waals surface area contributed by atoms with Crippen LogP contribution in [0.25, 0.3) is 0 Å². The zero-order valence-corrected chi connectivity index (χ0v) is 22.9. The molecule has 2 fully saturated rings. The number of hydrogen-bond donors (Lipinski definition) is 0. The SMILES string of the molecule is CC(C)c1cccc(CC2OCCn3c(C4CCC(n5cc(C6(F)CCN(C)CC6)nn5)CC4)nnc32)c1. The molecule has 6 rings (SSSR count). The van der Waals surface area contributed by atoms with Gasteiger partial charge >= 0.3 is 0 Å². The number of halogens is 1. The maximum Gasteiger partial charge on any atom is 0.162 e. The van der Waals surface area contributed by atoms with Gasteiger partial charge in [-0.15, -0.1) is 15.3 Å². The van der Waals surface area contributed by atoms with Gasteiger partial charge in [-0.05, 0) is 49.8 Å². The van der Waals surface area contributed by atoms with Crippen molar-refractivity contribution in [3.05, 3.63) is 58.9 Å². The highest BCUT2D eigenvalue weighted by Crippen LogP contribution is 2.40. The minimum Gasteiger partial charge on any atom is -0.368 e. The zero-order chi connectivity index (χ0) is 26.3. The predicted molar refractivity (Wildman–Crippen MR) is 143 cm³/mol. The highest BCUT2D eigenvalue weighted by atomic mass is 19.1. The summed E-state index contributed by atoms with van der Waals surface area (Å²) in [5, 5.41) is 18.0. The third kappa shape index (κ3) is 5.02. The van der Waals surface area contributed by atoms with Crippen LogP contribution in [0.15, 0.2) is 30.5 Å². The normalized spacial score (nSPS) is 26.0. The van der Waals surface area contributed by atoms with Crippen molar-refractivity contribution in [3.8, 4) is 0 Å². The quantitative estimate of drug-likeness (QED) is 0.450. The lowest BCUT2D eigenvalue weighted by atomic mass is 9.85. The molecule has 4 heterocycles. The van der Waals surface area contributed by atoms with Gasteiger partial charge in [0.15, 0.2) is 11.5 Å². The van der Waals surface area contributed by atoms with Crippen LogP contribution in [0.4, 0.5) is 4.39 Å². The van der Waals surface area contributed by atoms with Crippen molar-refractivity contribution in [1.29, 1.82) is 0 Å². The van der Waals surface area contributed by atoms with Crippen molar-refractivity contribution in [2.75, 3.05) is 26.7 Å². The first kappa shape index (κ1) is 25.6. The summed E-state index contributed by atoms with van der Waals surface area (Å²) >= 11 is 0. The highest BCUT2D eigenvalue weighted by molar-refractivity contribution is 5.27. The van der Waals surface area contributed by atoms with E-state index in [2.05, 4.69) is 68.1 Å². The molecule has 3 aromatic rings. The van der Waals surface area contributed by atoms with E-state index in [1.165, 1.54) is 11.1 Å². The summed E-state index contributed by atoms with van der Waals surface area (Å²) < 4.78 is 25.9. The Kier molecular flexibility index (Phi) is 7.07. The van der Waals surface area contributed by atoms with Gasteiger partial charge in [0.2, 0.25) is 0 Å². The van der Waals surface area contributed by atoms with Gasteiger partial charge in [-0.3, -0.25) is 0 Å². The van der Waals surface area contributed by atoms with Crippen LogP contribution >= 0.6 is 0 Å². The molecule has 0 bridgehead atoms. The molecule has 2 aromatic heterocycles. The number of fused-ring (bicyclic) bond motifs is 1. The topological polar surface area (TPSA) is 73.9 Å². The summed E-state index contributed by atoms with van der Waals surface area (Å²) in [6.07, 6.45) is 7.60. The molecular weight excluding hydrogens is 481 g/mol. The Morgan fingerprint density at radius 1 is 1.03 bits per heavy atom. The maximum absolute atomic E-state index is 15.5. The number of rotatable bonds is 6. The monoisotopic (exact) mass is 521 g/mol. The highest BCUT2D eigenvalue weighted by Gasteiger charge is 2.39. The van der Waals surface area contributed by atoms with E-state index in [0.717, 1.165) is 63.4 Å². The van der Waals surface area contributed by atoms with Gasteiger partial charge < -0.3 is 14.2 Å². The van der Waals surface area contributed by atoms with E-state index in [1.54, 1.807) is 0 Å². The Labute approximate surface area is 224 Å². The van der Waals surface area contributed by atoms with Crippen molar-refractivity contribution in [1.82, 2.24) is 34.7 Å². The number of nitrogens with zero attached hydrogens (tertiary/aromatic N) is 7. The fourth-order valence-corrected chi connectivity index (χ4v) is 6.39. The number of alkyl halides is 1. The molecule has 1 atom stereocenters. The molecule has 2 aliphatic heterocycles. The van der Waals surface area contributed by atoms with Crippen LogP contribution in [0.3, 0.4) is 0 Å². The number of aromatic nitrogens is 6. The van der Waals surface area contributed by atoms with E-state index in [9.17, 15) is 0 Å². The van der Waals surface area contributed by atoms with Gasteiger partial charge in [0.25, 0.3) is 0 Å². The average molecular weight is 522 g/mol. The number of piperidine rings is 1. The van der Waals surface area contributed by atoms with E-state index in [1.807, 2.05) is 17.9 Å². The largest absolute Gasteiger partial charge is 0.368 e. The number of likely N-dealkylation sites (tertiary alicyclic amines) is 1. The number of hydrogen-bond acceptors (Lipinski definition) is 6. The summed E-state index contributed by atoms with van der Waals surface area (Å²) in [7, 11) is 2.04. The lowest BCUT2D eigenvalue weighted by Gasteiger charge is -2.33. The molecule has 9 heteroatoms. The molecule has 0 N–H and O–H groups in total. The van der Waals surface area contributed by atoms with Gasteiger partial charge in [0.1, 0.15) is 17.6 Å². The fraction of sp³-hybridized carbons (Fsp3) is 0.655. The van der Waals surface area contributed by atoms with Gasteiger partial charge in [-0.25, -0.2) is 9.07 Å². The zero-order valence-electron chi connectivity index (χ0n) is 22.9. The van der Waals surface area contributed by atoms with Crippen LogP contribution in [-0.2, 0) is 23.4 Å². The Morgan fingerprint density at radius 3 is 2.55 bits per heavy atom. The molecular formula is C29H40FN7O. The van der Waals surface area contributed by atoms with E-state index in [-0.39, 0.29) is 12.1 Å². The second-order valence-electron chi connectivity index (χ2n) is 11.9. The molecule has 0 amide bonds. The van der Waals surface area contributed by atoms with Gasteiger partial charge in [0, 0.05) is 44.8 Å². The maximum atomic E-state index is 15.5. The Bertz CT molecular complexity index is 1240. The van der Waals surface area contributed by atoms with E-state index >= 15 is 4.39 Å². The Balaban J connectivity index is 1.11. The first-order valence-electron chi connectivity index (χ1n) is 14.3. The summed E-state index contributed by atoms with van der Waals surface area (Å²) in [6, 6.07) is 9.06. The lowest BCUT2D eigenvalue weighted by Crippen LogP contribution is -2.38. The van der Waals surface area contributed by atoms with Crippen molar-refractivity contribution in [2.24, 2.45) is 0 Å². The van der Waals surface area contributed by atoms with Crippen molar-refractivity contribution >= 4 is 0 Å². The first-order valence-corrected chi connectivity index (χ1v) is 14.3. The number of benzene rings is 1. The standard InChI is InChI=1S/C29H40FN7O/c1-20(2)23-6-4-5-21(17-23)18-25-28-33-32-27(36(28)15-16-38-25)22-7-9-24(10-8-22)37-19-26(31-34-37)29(30)11-13-35(3)14-12-29/h4-6,17,19-20,22,24-25H,7-16,18H2,1-3H3. The Hall–Kier alpha value is -2.65. The summed E-state index contributed by atoms with van der Waals surface area (Å²) in [5.41, 5.74) is 1.79. The minimum atomic E-state index is -1.35. The minimum absolute atomic E-state index is 0.0649. The van der Waals surface area contributed by atoms with Gasteiger partial charge in [0.05, 0.1) is 18.8 Å². The van der Waals surface area contributed by atoms with E-state index < -0.39 is 5.67 Å². The van der Waals surface area contributed by atoms with Crippen LogP contribution in [-0.4, -0.2) is 61.4 Å². The van der Waals surface area contributed by atoms with Crippen LogP contribution in [0.5, 0.6) is 0 Å². The average Bonchev–Trinajstić information content (AvgIpc) is 3.60. The van der Waals surface area contributed by atoms with E-state index in [0.29, 0.717) is 37.0 Å². The molecule has 1 aromatic carbocycles. The second kappa shape index (κ2) is 10.5. The van der Waals surface area contributed by atoms with Gasteiger partial charge in [-0.2, -0.15) is 0 Å². The fourth-order valence-electron chi connectivity index (χ4n) is 6.39. The Morgan fingerprint density at radius 2 is 1.79 bits per heavy atom. The molecule has 0 spiro atoms. The second-order valence-corrected chi connectivity index (χ2v) is 11.9. The van der Waals surface area contributed by atoms with Crippen LogP contribution in [0.1, 0.15) is 105 Å². The predicted octanol–water partition coefficient (Wildman–Crippen LogP) is 5.10. The van der Waals surface area contributed by atoms with Crippen molar-refractivity contribution in [3.63, 3.8) is 0 Å². The van der Waals surface area contributed by atoms with Crippen LogP contribution in [0.2, 0.25) is 0 Å². The van der Waals surface area contributed by atoms with Crippen LogP contribution < -0.4 is 0 Å².